The summed E-state index contributed by atoms with van der Waals surface area (Å²) >= 11 is 4.85. The predicted octanol–water partition coefficient (Wildman–Crippen LogP) is 1.51. The average Bonchev–Trinajstić information content (AvgIpc) is 2.38. The summed E-state index contributed by atoms with van der Waals surface area (Å²) in [4.78, 5) is 8.41. The second-order valence-corrected chi connectivity index (χ2v) is 5.16. The van der Waals surface area contributed by atoms with Gasteiger partial charge in [0.2, 0.25) is 0 Å². The molecule has 1 aliphatic rings. The van der Waals surface area contributed by atoms with Gasteiger partial charge in [-0.15, -0.1) is 0 Å². The summed E-state index contributed by atoms with van der Waals surface area (Å²) in [5.41, 5.74) is 4.76. The lowest BCUT2D eigenvalue weighted by atomic mass is 10.2. The minimum Gasteiger partial charge on any atom is -0.392 e. The molecule has 0 radical (unpaired) electrons. The van der Waals surface area contributed by atoms with Crippen LogP contribution in [0.5, 0.6) is 0 Å². The molecule has 4 nitrogen and oxygen atoms in total. The molecule has 1 aromatic heterocycles. The van der Waals surface area contributed by atoms with Gasteiger partial charge in [-0.05, 0) is 12.1 Å². The van der Waals surface area contributed by atoms with Gasteiger partial charge >= 0.3 is 6.18 Å². The van der Waals surface area contributed by atoms with E-state index in [1.54, 1.807) is 0 Å². The van der Waals surface area contributed by atoms with E-state index in [1.165, 1.54) is 6.07 Å². The van der Waals surface area contributed by atoms with Crippen LogP contribution in [0.25, 0.3) is 0 Å². The molecular weight excluding hydrogens is 289 g/mol. The molecule has 110 valence electrons. The fourth-order valence-electron chi connectivity index (χ4n) is 2.10. The Labute approximate surface area is 120 Å². The summed E-state index contributed by atoms with van der Waals surface area (Å²) in [5, 5.41) is 0. The zero-order valence-electron chi connectivity index (χ0n) is 10.7. The number of piperazine rings is 1. The van der Waals surface area contributed by atoms with E-state index in [2.05, 4.69) is 9.88 Å². The maximum absolute atomic E-state index is 12.5. The summed E-state index contributed by atoms with van der Waals surface area (Å²) in [6, 6.07) is 2.47. The molecule has 2 rings (SSSR count). The molecule has 2 N–H and O–H groups in total. The SMILES string of the molecule is NC(=S)CN1CCN(c2ccc(C(F)(F)F)cn2)CC1. The molecule has 0 unspecified atom stereocenters. The van der Waals surface area contributed by atoms with Gasteiger partial charge in [-0.2, -0.15) is 13.2 Å². The van der Waals surface area contributed by atoms with Crippen LogP contribution in [0.15, 0.2) is 18.3 Å². The van der Waals surface area contributed by atoms with Crippen LogP contribution in [-0.4, -0.2) is 47.6 Å². The molecule has 0 spiro atoms. The van der Waals surface area contributed by atoms with Crippen LogP contribution in [0, 0.1) is 0 Å². The quantitative estimate of drug-likeness (QED) is 0.858. The molecular formula is C12H15F3N4S. The van der Waals surface area contributed by atoms with E-state index in [0.717, 1.165) is 25.4 Å². The number of aromatic nitrogens is 1. The Bertz CT molecular complexity index is 467. The highest BCUT2D eigenvalue weighted by atomic mass is 32.1. The van der Waals surface area contributed by atoms with Gasteiger partial charge in [-0.25, -0.2) is 4.98 Å². The number of hydrogen-bond donors (Lipinski definition) is 1. The second kappa shape index (κ2) is 5.92. The van der Waals surface area contributed by atoms with Crippen LogP contribution < -0.4 is 10.6 Å². The minimum absolute atomic E-state index is 0.450. The molecule has 1 aliphatic heterocycles. The van der Waals surface area contributed by atoms with Gasteiger partial charge in [-0.1, -0.05) is 12.2 Å². The van der Waals surface area contributed by atoms with Crippen molar-refractivity contribution in [3.63, 3.8) is 0 Å². The third kappa shape index (κ3) is 3.80. The van der Waals surface area contributed by atoms with E-state index < -0.39 is 11.7 Å². The molecule has 1 fully saturated rings. The number of thiocarbonyl (C=S) groups is 1. The van der Waals surface area contributed by atoms with Gasteiger partial charge in [0, 0.05) is 38.9 Å². The van der Waals surface area contributed by atoms with Crippen molar-refractivity contribution < 1.29 is 13.2 Å². The van der Waals surface area contributed by atoms with Crippen LogP contribution in [0.2, 0.25) is 0 Å². The first-order chi connectivity index (χ1) is 9.36. The Morgan fingerprint density at radius 2 is 1.90 bits per heavy atom. The Morgan fingerprint density at radius 1 is 1.25 bits per heavy atom. The third-order valence-electron chi connectivity index (χ3n) is 3.15. The van der Waals surface area contributed by atoms with Gasteiger partial charge in [0.15, 0.2) is 0 Å². The van der Waals surface area contributed by atoms with Crippen LogP contribution in [-0.2, 0) is 6.18 Å². The summed E-state index contributed by atoms with van der Waals surface area (Å²) < 4.78 is 37.4. The molecule has 0 aromatic carbocycles. The lowest BCUT2D eigenvalue weighted by Crippen LogP contribution is -2.48. The number of nitrogens with two attached hydrogens (primary N) is 1. The maximum Gasteiger partial charge on any atom is 0.417 e. The first-order valence-electron chi connectivity index (χ1n) is 6.15. The molecule has 1 aromatic rings. The average molecular weight is 304 g/mol. The van der Waals surface area contributed by atoms with E-state index in [9.17, 15) is 13.2 Å². The second-order valence-electron chi connectivity index (χ2n) is 4.63. The van der Waals surface area contributed by atoms with Crippen molar-refractivity contribution in [1.82, 2.24) is 9.88 Å². The number of pyridine rings is 1. The van der Waals surface area contributed by atoms with E-state index >= 15 is 0 Å². The molecule has 2 heterocycles. The number of rotatable bonds is 3. The maximum atomic E-state index is 12.5. The first kappa shape index (κ1) is 15.0. The van der Waals surface area contributed by atoms with Crippen LogP contribution >= 0.6 is 12.2 Å². The van der Waals surface area contributed by atoms with Gasteiger partial charge in [0.1, 0.15) is 5.82 Å². The van der Waals surface area contributed by atoms with Gasteiger partial charge < -0.3 is 10.6 Å². The fraction of sp³-hybridized carbons (Fsp3) is 0.500. The van der Waals surface area contributed by atoms with Gasteiger partial charge in [0.25, 0.3) is 0 Å². The lowest BCUT2D eigenvalue weighted by molar-refractivity contribution is -0.137. The number of nitrogens with zero attached hydrogens (tertiary/aromatic N) is 3. The monoisotopic (exact) mass is 304 g/mol. The highest BCUT2D eigenvalue weighted by molar-refractivity contribution is 7.80. The summed E-state index contributed by atoms with van der Waals surface area (Å²) in [5.74, 6) is 0.563. The molecule has 8 heteroatoms. The van der Waals surface area contributed by atoms with Crippen molar-refractivity contribution >= 4 is 23.0 Å². The van der Waals surface area contributed by atoms with Crippen molar-refractivity contribution in [2.75, 3.05) is 37.6 Å². The molecule has 0 atom stereocenters. The normalized spacial score (nSPS) is 17.2. The first-order valence-corrected chi connectivity index (χ1v) is 6.56. The number of hydrogen-bond acceptors (Lipinski definition) is 4. The molecule has 0 amide bonds. The van der Waals surface area contributed by atoms with Crippen LogP contribution in [0.4, 0.5) is 19.0 Å². The van der Waals surface area contributed by atoms with Crippen molar-refractivity contribution in [1.29, 1.82) is 0 Å². The minimum atomic E-state index is -4.35. The molecule has 20 heavy (non-hydrogen) atoms. The number of halogens is 3. The van der Waals surface area contributed by atoms with Gasteiger partial charge in [-0.3, -0.25) is 4.90 Å². The Morgan fingerprint density at radius 3 is 2.35 bits per heavy atom. The lowest BCUT2D eigenvalue weighted by Gasteiger charge is -2.35. The molecule has 0 saturated carbocycles. The smallest absolute Gasteiger partial charge is 0.392 e. The molecule has 1 saturated heterocycles. The van der Waals surface area contributed by atoms with Crippen LogP contribution in [0.1, 0.15) is 5.56 Å². The predicted molar refractivity (Wildman–Crippen MR) is 74.7 cm³/mol. The van der Waals surface area contributed by atoms with E-state index in [0.29, 0.717) is 30.4 Å². The highest BCUT2D eigenvalue weighted by Crippen LogP contribution is 2.29. The zero-order chi connectivity index (χ0) is 14.8. The van der Waals surface area contributed by atoms with Crippen molar-refractivity contribution in [2.45, 2.75) is 6.18 Å². The van der Waals surface area contributed by atoms with E-state index in [1.807, 2.05) is 4.90 Å². The highest BCUT2D eigenvalue weighted by Gasteiger charge is 2.31. The topological polar surface area (TPSA) is 45.4 Å². The summed E-state index contributed by atoms with van der Waals surface area (Å²) in [7, 11) is 0. The van der Waals surface area contributed by atoms with Crippen molar-refractivity contribution in [3.8, 4) is 0 Å². The van der Waals surface area contributed by atoms with Crippen LogP contribution in [0.3, 0.4) is 0 Å². The Balaban J connectivity index is 1.95. The largest absolute Gasteiger partial charge is 0.417 e. The van der Waals surface area contributed by atoms with Gasteiger partial charge in [0.05, 0.1) is 10.6 Å². The number of alkyl halides is 3. The number of anilines is 1. The fourth-order valence-corrected chi connectivity index (χ4v) is 2.28. The summed E-state index contributed by atoms with van der Waals surface area (Å²) in [6.45, 7) is 3.49. The van der Waals surface area contributed by atoms with Crippen molar-refractivity contribution in [3.05, 3.63) is 23.9 Å². The third-order valence-corrected chi connectivity index (χ3v) is 3.28. The zero-order valence-corrected chi connectivity index (χ0v) is 11.5. The van der Waals surface area contributed by atoms with E-state index in [4.69, 9.17) is 18.0 Å². The Hall–Kier alpha value is -1.41. The van der Waals surface area contributed by atoms with E-state index in [-0.39, 0.29) is 0 Å². The summed E-state index contributed by atoms with van der Waals surface area (Å²) in [6.07, 6.45) is -3.47. The molecule has 0 aliphatic carbocycles. The van der Waals surface area contributed by atoms with Crippen molar-refractivity contribution in [2.24, 2.45) is 5.73 Å². The standard InChI is InChI=1S/C12H15F3N4S/c13-12(14,15)9-1-2-11(17-7-9)19-5-3-18(4-6-19)8-10(16)20/h1-2,7H,3-6,8H2,(H2,16,20). The Kier molecular flexibility index (Phi) is 4.44. The molecule has 0 bridgehead atoms.